The molecule has 1 aromatic carbocycles. The van der Waals surface area contributed by atoms with Crippen molar-refractivity contribution in [2.24, 2.45) is 5.73 Å². The van der Waals surface area contributed by atoms with Gasteiger partial charge >= 0.3 is 0 Å². The zero-order valence-corrected chi connectivity index (χ0v) is 11.9. The van der Waals surface area contributed by atoms with Crippen molar-refractivity contribution in [2.45, 2.75) is 24.8 Å². The molecule has 0 aliphatic rings. The molecule has 0 aliphatic carbocycles. The minimum absolute atomic E-state index is 0.0188. The standard InChI is InChI=1S/C12H18N2O4S/c1-8-4-5-10(6-11(8)12(13)16)19(17,18)14(3)9(2)7-15/h4-6,9,15H,7H2,1-3H3,(H2,13,16). The summed E-state index contributed by atoms with van der Waals surface area (Å²) < 4.78 is 25.6. The monoisotopic (exact) mass is 286 g/mol. The highest BCUT2D eigenvalue weighted by molar-refractivity contribution is 7.89. The summed E-state index contributed by atoms with van der Waals surface area (Å²) in [6.07, 6.45) is 0. The largest absolute Gasteiger partial charge is 0.395 e. The average Bonchev–Trinajstić information content (AvgIpc) is 2.36. The Morgan fingerprint density at radius 2 is 2.05 bits per heavy atom. The number of benzene rings is 1. The van der Waals surface area contributed by atoms with Crippen molar-refractivity contribution in [2.75, 3.05) is 13.7 Å². The van der Waals surface area contributed by atoms with Crippen LogP contribution in [0.2, 0.25) is 0 Å². The van der Waals surface area contributed by atoms with E-state index in [0.29, 0.717) is 5.56 Å². The van der Waals surface area contributed by atoms with Gasteiger partial charge in [0.15, 0.2) is 0 Å². The van der Waals surface area contributed by atoms with E-state index in [2.05, 4.69) is 0 Å². The fourth-order valence-electron chi connectivity index (χ4n) is 1.55. The number of aliphatic hydroxyl groups is 1. The average molecular weight is 286 g/mol. The molecular weight excluding hydrogens is 268 g/mol. The Labute approximate surface area is 112 Å². The number of nitrogens with zero attached hydrogens (tertiary/aromatic N) is 1. The molecule has 1 aromatic rings. The number of likely N-dealkylation sites (N-methyl/N-ethyl adjacent to an activating group) is 1. The van der Waals surface area contributed by atoms with Crippen LogP contribution in [0.15, 0.2) is 23.1 Å². The number of aliphatic hydroxyl groups excluding tert-OH is 1. The van der Waals surface area contributed by atoms with Gasteiger partial charge in [-0.2, -0.15) is 4.31 Å². The Balaban J connectivity index is 3.30. The molecule has 0 spiro atoms. The number of hydrogen-bond donors (Lipinski definition) is 2. The molecule has 3 N–H and O–H groups in total. The Kier molecular flexibility index (Phi) is 4.67. The van der Waals surface area contributed by atoms with E-state index >= 15 is 0 Å². The van der Waals surface area contributed by atoms with Gasteiger partial charge in [0, 0.05) is 18.7 Å². The van der Waals surface area contributed by atoms with Gasteiger partial charge in [-0.15, -0.1) is 0 Å². The van der Waals surface area contributed by atoms with Gasteiger partial charge in [0.05, 0.1) is 11.5 Å². The van der Waals surface area contributed by atoms with Gasteiger partial charge in [-0.05, 0) is 31.5 Å². The van der Waals surface area contributed by atoms with E-state index in [1.165, 1.54) is 25.2 Å². The topological polar surface area (TPSA) is 101 Å². The van der Waals surface area contributed by atoms with Crippen molar-refractivity contribution in [3.8, 4) is 0 Å². The summed E-state index contributed by atoms with van der Waals surface area (Å²) in [7, 11) is -2.38. The maximum absolute atomic E-state index is 12.3. The Bertz CT molecular complexity index is 583. The molecule has 19 heavy (non-hydrogen) atoms. The quantitative estimate of drug-likeness (QED) is 0.801. The van der Waals surface area contributed by atoms with Crippen LogP contribution in [0, 0.1) is 6.92 Å². The smallest absolute Gasteiger partial charge is 0.249 e. The van der Waals surface area contributed by atoms with Gasteiger partial charge in [-0.3, -0.25) is 4.79 Å². The molecule has 1 atom stereocenters. The molecule has 0 saturated heterocycles. The second-order valence-corrected chi connectivity index (χ2v) is 6.39. The Morgan fingerprint density at radius 3 is 2.53 bits per heavy atom. The van der Waals surface area contributed by atoms with Gasteiger partial charge < -0.3 is 10.8 Å². The van der Waals surface area contributed by atoms with Gasteiger partial charge in [0.1, 0.15) is 0 Å². The number of hydrogen-bond acceptors (Lipinski definition) is 4. The molecule has 0 aromatic heterocycles. The van der Waals surface area contributed by atoms with E-state index in [1.54, 1.807) is 13.8 Å². The zero-order valence-electron chi connectivity index (χ0n) is 11.1. The third-order valence-corrected chi connectivity index (χ3v) is 5.00. The highest BCUT2D eigenvalue weighted by Crippen LogP contribution is 2.19. The number of nitrogens with two attached hydrogens (primary N) is 1. The Hall–Kier alpha value is -1.44. The second-order valence-electron chi connectivity index (χ2n) is 4.39. The molecule has 0 aliphatic heterocycles. The van der Waals surface area contributed by atoms with Crippen molar-refractivity contribution < 1.29 is 18.3 Å². The summed E-state index contributed by atoms with van der Waals surface area (Å²) in [4.78, 5) is 11.2. The molecule has 1 rings (SSSR count). The minimum Gasteiger partial charge on any atom is -0.395 e. The van der Waals surface area contributed by atoms with Crippen LogP contribution in [0.5, 0.6) is 0 Å². The summed E-state index contributed by atoms with van der Waals surface area (Å²) in [6.45, 7) is 2.97. The van der Waals surface area contributed by atoms with Crippen molar-refractivity contribution in [1.29, 1.82) is 0 Å². The highest BCUT2D eigenvalue weighted by atomic mass is 32.2. The van der Waals surface area contributed by atoms with E-state index in [1.807, 2.05) is 0 Å². The lowest BCUT2D eigenvalue weighted by Gasteiger charge is -2.22. The number of rotatable bonds is 5. The molecule has 6 nitrogen and oxygen atoms in total. The lowest BCUT2D eigenvalue weighted by atomic mass is 10.1. The van der Waals surface area contributed by atoms with Gasteiger partial charge in [-0.1, -0.05) is 6.07 Å². The summed E-state index contributed by atoms with van der Waals surface area (Å²) in [5.74, 6) is -0.674. The van der Waals surface area contributed by atoms with E-state index in [4.69, 9.17) is 10.8 Å². The molecule has 7 heteroatoms. The van der Waals surface area contributed by atoms with Crippen molar-refractivity contribution >= 4 is 15.9 Å². The van der Waals surface area contributed by atoms with Crippen molar-refractivity contribution in [3.05, 3.63) is 29.3 Å². The highest BCUT2D eigenvalue weighted by Gasteiger charge is 2.25. The van der Waals surface area contributed by atoms with E-state index in [0.717, 1.165) is 4.31 Å². The predicted molar refractivity (Wildman–Crippen MR) is 71.2 cm³/mol. The first-order valence-corrected chi connectivity index (χ1v) is 7.15. The molecule has 1 amide bonds. The van der Waals surface area contributed by atoms with Crippen LogP contribution in [0.3, 0.4) is 0 Å². The predicted octanol–water partition coefficient (Wildman–Crippen LogP) is 0.0952. The van der Waals surface area contributed by atoms with Crippen LogP contribution in [0.4, 0.5) is 0 Å². The van der Waals surface area contributed by atoms with Crippen LogP contribution < -0.4 is 5.73 Å². The van der Waals surface area contributed by atoms with Crippen LogP contribution in [-0.4, -0.2) is 43.4 Å². The van der Waals surface area contributed by atoms with Gasteiger partial charge in [0.25, 0.3) is 0 Å². The molecule has 0 bridgehead atoms. The van der Waals surface area contributed by atoms with Crippen LogP contribution in [0.1, 0.15) is 22.8 Å². The van der Waals surface area contributed by atoms with E-state index in [-0.39, 0.29) is 17.1 Å². The first-order valence-electron chi connectivity index (χ1n) is 5.71. The number of carbonyl (C=O) groups excluding carboxylic acids is 1. The normalized spacial score (nSPS) is 13.5. The van der Waals surface area contributed by atoms with Crippen LogP contribution in [0.25, 0.3) is 0 Å². The van der Waals surface area contributed by atoms with Crippen molar-refractivity contribution in [1.82, 2.24) is 4.31 Å². The third kappa shape index (κ3) is 3.12. The van der Waals surface area contributed by atoms with Crippen LogP contribution in [-0.2, 0) is 10.0 Å². The van der Waals surface area contributed by atoms with Crippen LogP contribution >= 0.6 is 0 Å². The Morgan fingerprint density at radius 1 is 1.47 bits per heavy atom. The number of primary amides is 1. The minimum atomic E-state index is -3.76. The van der Waals surface area contributed by atoms with Crippen molar-refractivity contribution in [3.63, 3.8) is 0 Å². The number of aryl methyl sites for hydroxylation is 1. The lowest BCUT2D eigenvalue weighted by Crippen LogP contribution is -2.37. The van der Waals surface area contributed by atoms with Gasteiger partial charge in [0.2, 0.25) is 15.9 Å². The summed E-state index contributed by atoms with van der Waals surface area (Å²) >= 11 is 0. The zero-order chi connectivity index (χ0) is 14.8. The van der Waals surface area contributed by atoms with Gasteiger partial charge in [-0.25, -0.2) is 8.42 Å². The molecule has 1 unspecified atom stereocenters. The molecular formula is C12H18N2O4S. The number of sulfonamides is 1. The maximum atomic E-state index is 12.3. The maximum Gasteiger partial charge on any atom is 0.249 e. The number of carbonyl (C=O) groups is 1. The fraction of sp³-hybridized carbons (Fsp3) is 0.417. The number of amides is 1. The first-order chi connectivity index (χ1) is 8.71. The molecule has 0 radical (unpaired) electrons. The van der Waals surface area contributed by atoms with E-state index < -0.39 is 22.0 Å². The first kappa shape index (κ1) is 15.6. The lowest BCUT2D eigenvalue weighted by molar-refractivity contribution is 0.0999. The second kappa shape index (κ2) is 5.68. The SMILES string of the molecule is Cc1ccc(S(=O)(=O)N(C)C(C)CO)cc1C(N)=O. The molecule has 0 heterocycles. The summed E-state index contributed by atoms with van der Waals surface area (Å²) in [5, 5.41) is 9.02. The third-order valence-electron chi connectivity index (χ3n) is 3.04. The van der Waals surface area contributed by atoms with E-state index in [9.17, 15) is 13.2 Å². The molecule has 106 valence electrons. The molecule has 0 fully saturated rings. The fourth-order valence-corrected chi connectivity index (χ4v) is 2.92. The molecule has 0 saturated carbocycles. The summed E-state index contributed by atoms with van der Waals surface area (Å²) in [6, 6.07) is 3.65. The summed E-state index contributed by atoms with van der Waals surface area (Å²) in [5.41, 5.74) is 5.99.